The van der Waals surface area contributed by atoms with Crippen molar-refractivity contribution in [3.63, 3.8) is 0 Å². The zero-order chi connectivity index (χ0) is 17.8. The summed E-state index contributed by atoms with van der Waals surface area (Å²) in [5.74, 6) is 1.61. The van der Waals surface area contributed by atoms with Gasteiger partial charge >= 0.3 is 0 Å². The van der Waals surface area contributed by atoms with E-state index in [1.54, 1.807) is 0 Å². The number of H-pyrrole nitrogens is 1. The second kappa shape index (κ2) is 5.86. The van der Waals surface area contributed by atoms with Crippen LogP contribution < -0.4 is 4.74 Å². The number of benzene rings is 1. The molecular weight excluding hydrogens is 328 g/mol. The van der Waals surface area contributed by atoms with E-state index in [1.165, 1.54) is 0 Å². The normalized spacial score (nSPS) is 27.0. The molecule has 4 aliphatic rings. The van der Waals surface area contributed by atoms with E-state index in [-0.39, 0.29) is 23.7 Å². The Hall–Kier alpha value is -2.30. The van der Waals surface area contributed by atoms with E-state index in [9.17, 15) is 9.59 Å². The van der Waals surface area contributed by atoms with Crippen molar-refractivity contribution in [2.24, 2.45) is 5.92 Å². The molecule has 0 radical (unpaired) electrons. The molecule has 6 rings (SSSR count). The predicted octanol–water partition coefficient (Wildman–Crippen LogP) is 3.18. The highest BCUT2D eigenvalue weighted by Crippen LogP contribution is 2.47. The molecule has 0 spiro atoms. The van der Waals surface area contributed by atoms with Crippen molar-refractivity contribution in [2.45, 2.75) is 51.0 Å². The number of aromatic nitrogens is 1. The highest BCUT2D eigenvalue weighted by atomic mass is 16.5. The summed E-state index contributed by atoms with van der Waals surface area (Å²) in [4.78, 5) is 30.9. The molecule has 3 fully saturated rings. The van der Waals surface area contributed by atoms with Gasteiger partial charge < -0.3 is 14.6 Å². The van der Waals surface area contributed by atoms with E-state index >= 15 is 0 Å². The van der Waals surface area contributed by atoms with Crippen LogP contribution in [0, 0.1) is 5.92 Å². The van der Waals surface area contributed by atoms with Gasteiger partial charge in [0.05, 0.1) is 19.1 Å². The topological polar surface area (TPSA) is 62.4 Å². The number of amides is 1. The number of piperidine rings is 2. The monoisotopic (exact) mass is 352 g/mol. The van der Waals surface area contributed by atoms with Crippen LogP contribution in [0.1, 0.15) is 49.8 Å². The standard InChI is InChI=1S/C21H24N2O3/c1-2-3-6-26-13-4-5-17-14(9-13)15-10-19(25)23-11-12-7-16(20(15)22-17)21(23)18(24)8-12/h4-5,9,12,16,21-22H,2-3,6-8,10-11H2,1H3. The van der Waals surface area contributed by atoms with E-state index in [0.29, 0.717) is 25.4 Å². The first kappa shape index (κ1) is 15.9. The number of rotatable bonds is 4. The van der Waals surface area contributed by atoms with Crippen LogP contribution in [0.15, 0.2) is 18.2 Å². The maximum absolute atomic E-state index is 12.9. The minimum atomic E-state index is -0.262. The van der Waals surface area contributed by atoms with Crippen molar-refractivity contribution < 1.29 is 14.3 Å². The summed E-state index contributed by atoms with van der Waals surface area (Å²) >= 11 is 0. The van der Waals surface area contributed by atoms with Gasteiger partial charge in [-0.1, -0.05) is 13.3 Å². The molecule has 5 heteroatoms. The average molecular weight is 352 g/mol. The summed E-state index contributed by atoms with van der Waals surface area (Å²) < 4.78 is 5.86. The molecule has 26 heavy (non-hydrogen) atoms. The van der Waals surface area contributed by atoms with Gasteiger partial charge in [0.25, 0.3) is 0 Å². The van der Waals surface area contributed by atoms with Gasteiger partial charge in [-0.3, -0.25) is 9.59 Å². The number of nitrogens with zero attached hydrogens (tertiary/aromatic N) is 1. The largest absolute Gasteiger partial charge is 0.494 e. The molecular formula is C21H24N2O3. The summed E-state index contributed by atoms with van der Waals surface area (Å²) in [5, 5.41) is 1.07. The maximum atomic E-state index is 12.9. The van der Waals surface area contributed by atoms with Crippen LogP contribution in [0.2, 0.25) is 0 Å². The molecule has 1 aromatic carbocycles. The first-order valence-electron chi connectivity index (χ1n) is 9.75. The minimum Gasteiger partial charge on any atom is -0.494 e. The molecule has 3 unspecified atom stereocenters. The number of carbonyl (C=O) groups excluding carboxylic acids is 2. The number of hydrogen-bond acceptors (Lipinski definition) is 3. The number of carbonyl (C=O) groups is 2. The lowest BCUT2D eigenvalue weighted by molar-refractivity contribution is -0.148. The third-order valence-corrected chi connectivity index (χ3v) is 6.28. The van der Waals surface area contributed by atoms with E-state index in [2.05, 4.69) is 18.0 Å². The van der Waals surface area contributed by atoms with Crippen LogP contribution in [-0.4, -0.2) is 40.8 Å². The molecule has 1 saturated carbocycles. The van der Waals surface area contributed by atoms with Gasteiger partial charge in [0.2, 0.25) is 5.91 Å². The van der Waals surface area contributed by atoms with Crippen molar-refractivity contribution in [2.75, 3.05) is 13.2 Å². The van der Waals surface area contributed by atoms with Gasteiger partial charge in [0.1, 0.15) is 5.75 Å². The van der Waals surface area contributed by atoms with Gasteiger partial charge in [-0.05, 0) is 42.5 Å². The Morgan fingerprint density at radius 2 is 2.19 bits per heavy atom. The second-order valence-electron chi connectivity index (χ2n) is 7.97. The summed E-state index contributed by atoms with van der Waals surface area (Å²) in [6.45, 7) is 3.61. The maximum Gasteiger partial charge on any atom is 0.227 e. The van der Waals surface area contributed by atoms with E-state index in [0.717, 1.165) is 53.7 Å². The molecule has 2 aromatic rings. The second-order valence-corrected chi connectivity index (χ2v) is 7.97. The molecule has 3 aliphatic heterocycles. The number of ether oxygens (including phenoxy) is 1. The van der Waals surface area contributed by atoms with Crippen LogP contribution in [0.25, 0.3) is 10.9 Å². The lowest BCUT2D eigenvalue weighted by atomic mass is 9.71. The van der Waals surface area contributed by atoms with Crippen molar-refractivity contribution in [3.05, 3.63) is 29.5 Å². The Bertz CT molecular complexity index is 900. The molecule has 4 bridgehead atoms. The molecule has 136 valence electrons. The Balaban J connectivity index is 1.59. The highest BCUT2D eigenvalue weighted by Gasteiger charge is 2.51. The van der Waals surface area contributed by atoms with Gasteiger partial charge in [-0.25, -0.2) is 0 Å². The minimum absolute atomic E-state index is 0.0923. The molecule has 1 aromatic heterocycles. The van der Waals surface area contributed by atoms with E-state index < -0.39 is 0 Å². The van der Waals surface area contributed by atoms with Crippen LogP contribution >= 0.6 is 0 Å². The highest BCUT2D eigenvalue weighted by molar-refractivity contribution is 5.97. The van der Waals surface area contributed by atoms with Crippen molar-refractivity contribution in [1.29, 1.82) is 0 Å². The van der Waals surface area contributed by atoms with Crippen LogP contribution in [0.4, 0.5) is 0 Å². The SMILES string of the molecule is CCCCOc1ccc2[nH]c3c(c2c1)CC(=O)N1CC2CC(=O)C1C3C2. The zero-order valence-electron chi connectivity index (χ0n) is 15.1. The number of unbranched alkanes of at least 4 members (excludes halogenated alkanes) is 1. The van der Waals surface area contributed by atoms with Gasteiger partial charge in [0.15, 0.2) is 5.78 Å². The lowest BCUT2D eigenvalue weighted by Gasteiger charge is -2.47. The number of Topliss-reactive ketones (excluding diaryl/α,β-unsaturated/α-hetero) is 1. The summed E-state index contributed by atoms with van der Waals surface area (Å²) in [5.41, 5.74) is 3.20. The first-order valence-corrected chi connectivity index (χ1v) is 9.75. The van der Waals surface area contributed by atoms with Gasteiger partial charge in [-0.15, -0.1) is 0 Å². The average Bonchev–Trinajstić information content (AvgIpc) is 2.95. The molecule has 4 heterocycles. The Morgan fingerprint density at radius 1 is 1.31 bits per heavy atom. The summed E-state index contributed by atoms with van der Waals surface area (Å²) in [6.07, 6.45) is 4.14. The lowest BCUT2D eigenvalue weighted by Crippen LogP contribution is -2.58. The third kappa shape index (κ3) is 2.29. The Morgan fingerprint density at radius 3 is 3.00 bits per heavy atom. The molecule has 1 amide bonds. The van der Waals surface area contributed by atoms with Crippen LogP contribution in [-0.2, 0) is 16.0 Å². The Kier molecular flexibility index (Phi) is 3.59. The van der Waals surface area contributed by atoms with Crippen molar-refractivity contribution in [1.82, 2.24) is 9.88 Å². The first-order chi connectivity index (χ1) is 12.7. The molecule has 2 saturated heterocycles. The summed E-state index contributed by atoms with van der Waals surface area (Å²) in [6, 6.07) is 5.82. The molecule has 5 nitrogen and oxygen atoms in total. The molecule has 1 aliphatic carbocycles. The zero-order valence-corrected chi connectivity index (χ0v) is 15.1. The number of aromatic amines is 1. The van der Waals surface area contributed by atoms with E-state index in [1.807, 2.05) is 17.0 Å². The predicted molar refractivity (Wildman–Crippen MR) is 98.4 cm³/mol. The third-order valence-electron chi connectivity index (χ3n) is 6.28. The Labute approximate surface area is 152 Å². The fourth-order valence-corrected chi connectivity index (χ4v) is 5.09. The quantitative estimate of drug-likeness (QED) is 0.860. The van der Waals surface area contributed by atoms with Gasteiger partial charge in [0, 0.05) is 35.5 Å². The number of ketones is 1. The van der Waals surface area contributed by atoms with Crippen molar-refractivity contribution in [3.8, 4) is 5.75 Å². The smallest absolute Gasteiger partial charge is 0.227 e. The van der Waals surface area contributed by atoms with Crippen LogP contribution in [0.5, 0.6) is 5.75 Å². The number of nitrogens with one attached hydrogen (secondary N) is 1. The summed E-state index contributed by atoms with van der Waals surface area (Å²) in [7, 11) is 0. The fraction of sp³-hybridized carbons (Fsp3) is 0.524. The van der Waals surface area contributed by atoms with Crippen molar-refractivity contribution >= 4 is 22.6 Å². The van der Waals surface area contributed by atoms with E-state index in [4.69, 9.17) is 4.74 Å². The number of fused-ring (bicyclic) bond motifs is 4. The number of hydrogen-bond donors (Lipinski definition) is 1. The fourth-order valence-electron chi connectivity index (χ4n) is 5.09. The van der Waals surface area contributed by atoms with Gasteiger partial charge in [-0.2, -0.15) is 0 Å². The van der Waals surface area contributed by atoms with Crippen LogP contribution in [0.3, 0.4) is 0 Å². The molecule has 3 atom stereocenters. The molecule has 1 N–H and O–H groups in total.